The van der Waals surface area contributed by atoms with Crippen LogP contribution in [0.3, 0.4) is 0 Å². The zero-order valence-corrected chi connectivity index (χ0v) is 20.7. The van der Waals surface area contributed by atoms with Crippen LogP contribution in [0.5, 0.6) is 0 Å². The molecule has 8 nitrogen and oxygen atoms in total. The number of morpholine rings is 1. The molecule has 5 aromatic rings. The summed E-state index contributed by atoms with van der Waals surface area (Å²) in [6.45, 7) is 3.71. The van der Waals surface area contributed by atoms with Gasteiger partial charge in [-0.1, -0.05) is 48.5 Å². The third-order valence-corrected chi connectivity index (χ3v) is 6.71. The highest BCUT2D eigenvalue weighted by Crippen LogP contribution is 2.29. The first-order valence-corrected chi connectivity index (χ1v) is 12.4. The molecule has 0 unspecified atom stereocenters. The Bertz CT molecular complexity index is 1600. The van der Waals surface area contributed by atoms with E-state index in [4.69, 9.17) is 14.8 Å². The van der Waals surface area contributed by atoms with Crippen molar-refractivity contribution in [2.24, 2.45) is 7.05 Å². The van der Waals surface area contributed by atoms with Crippen molar-refractivity contribution in [3.8, 4) is 11.3 Å². The molecule has 0 bridgehead atoms. The molecule has 8 heteroatoms. The van der Waals surface area contributed by atoms with Crippen LogP contribution in [0.4, 0.5) is 17.2 Å². The molecule has 1 saturated heterocycles. The summed E-state index contributed by atoms with van der Waals surface area (Å²) >= 11 is 0. The quantitative estimate of drug-likeness (QED) is 0.378. The summed E-state index contributed by atoms with van der Waals surface area (Å²) in [7, 11) is 1.78. The number of nitrogens with zero attached hydrogens (tertiary/aromatic N) is 5. The lowest BCUT2D eigenvalue weighted by atomic mass is 10.1. The molecule has 6 rings (SSSR count). The summed E-state index contributed by atoms with van der Waals surface area (Å²) in [5.74, 6) is 0.301. The zero-order valence-electron chi connectivity index (χ0n) is 20.7. The first kappa shape index (κ1) is 23.0. The molecule has 0 amide bonds. The standard InChI is InChI=1S/C29H28N6O2/c1-33-27-19-22(23-13-14-35(32-23)20-21-7-3-2-4-8-21)11-12-25(27)31-28(29(33)36)30-24-9-5-6-10-26(24)34-15-17-37-18-16-34/h2-14,19H,15-18,20H2,1H3,(H,30,31). The Hall–Kier alpha value is -4.43. The van der Waals surface area contributed by atoms with Gasteiger partial charge in [-0.05, 0) is 35.9 Å². The summed E-state index contributed by atoms with van der Waals surface area (Å²) in [6, 6.07) is 26.2. The number of fused-ring (bicyclic) bond motifs is 1. The number of para-hydroxylation sites is 2. The maximum absolute atomic E-state index is 13.3. The van der Waals surface area contributed by atoms with Gasteiger partial charge < -0.3 is 19.5 Å². The van der Waals surface area contributed by atoms with Crippen LogP contribution in [0.25, 0.3) is 22.3 Å². The number of anilines is 3. The van der Waals surface area contributed by atoms with Crippen LogP contribution in [0.15, 0.2) is 89.9 Å². The van der Waals surface area contributed by atoms with E-state index < -0.39 is 0 Å². The van der Waals surface area contributed by atoms with Crippen LogP contribution in [-0.4, -0.2) is 45.6 Å². The fourth-order valence-corrected chi connectivity index (χ4v) is 4.72. The molecule has 0 saturated carbocycles. The minimum atomic E-state index is -0.184. The fourth-order valence-electron chi connectivity index (χ4n) is 4.72. The van der Waals surface area contributed by atoms with Crippen LogP contribution in [0, 0.1) is 0 Å². The average molecular weight is 493 g/mol. The van der Waals surface area contributed by atoms with E-state index in [1.54, 1.807) is 11.6 Å². The normalized spacial score (nSPS) is 13.7. The van der Waals surface area contributed by atoms with Gasteiger partial charge in [-0.2, -0.15) is 5.10 Å². The van der Waals surface area contributed by atoms with Crippen molar-refractivity contribution in [2.45, 2.75) is 6.54 Å². The van der Waals surface area contributed by atoms with E-state index in [1.165, 1.54) is 5.56 Å². The third kappa shape index (κ3) is 4.71. The van der Waals surface area contributed by atoms with Crippen LogP contribution >= 0.6 is 0 Å². The molecule has 1 aliphatic heterocycles. The second-order valence-electron chi connectivity index (χ2n) is 9.15. The van der Waals surface area contributed by atoms with Crippen molar-refractivity contribution in [1.82, 2.24) is 19.3 Å². The Morgan fingerprint density at radius 1 is 0.946 bits per heavy atom. The first-order valence-electron chi connectivity index (χ1n) is 12.4. The van der Waals surface area contributed by atoms with Crippen LogP contribution < -0.4 is 15.8 Å². The van der Waals surface area contributed by atoms with Crippen LogP contribution in [-0.2, 0) is 18.3 Å². The topological polar surface area (TPSA) is 77.2 Å². The molecule has 0 spiro atoms. The number of hydrogen-bond donors (Lipinski definition) is 1. The monoisotopic (exact) mass is 492 g/mol. The van der Waals surface area contributed by atoms with Crippen molar-refractivity contribution < 1.29 is 4.74 Å². The van der Waals surface area contributed by atoms with E-state index in [2.05, 4.69) is 28.4 Å². The van der Waals surface area contributed by atoms with Gasteiger partial charge in [0.15, 0.2) is 5.82 Å². The Balaban J connectivity index is 1.30. The summed E-state index contributed by atoms with van der Waals surface area (Å²) in [6.07, 6.45) is 1.97. The second kappa shape index (κ2) is 9.91. The molecule has 3 aromatic carbocycles. The number of aryl methyl sites for hydroxylation is 1. The average Bonchev–Trinajstić information content (AvgIpc) is 3.41. The molecular weight excluding hydrogens is 464 g/mol. The van der Waals surface area contributed by atoms with Gasteiger partial charge in [0, 0.05) is 31.9 Å². The van der Waals surface area contributed by atoms with Gasteiger partial charge in [-0.3, -0.25) is 9.48 Å². The van der Waals surface area contributed by atoms with Gasteiger partial charge in [0.2, 0.25) is 0 Å². The molecule has 0 atom stereocenters. The van der Waals surface area contributed by atoms with E-state index in [1.807, 2.05) is 71.5 Å². The summed E-state index contributed by atoms with van der Waals surface area (Å²) in [5, 5.41) is 8.05. The van der Waals surface area contributed by atoms with E-state index in [9.17, 15) is 4.79 Å². The van der Waals surface area contributed by atoms with Crippen molar-refractivity contribution in [1.29, 1.82) is 0 Å². The van der Waals surface area contributed by atoms with E-state index in [0.29, 0.717) is 25.6 Å². The van der Waals surface area contributed by atoms with Crippen molar-refractivity contribution in [3.63, 3.8) is 0 Å². The Morgan fingerprint density at radius 2 is 1.73 bits per heavy atom. The molecular formula is C29H28N6O2. The van der Waals surface area contributed by atoms with Crippen LogP contribution in [0.1, 0.15) is 5.56 Å². The Kier molecular flexibility index (Phi) is 6.16. The summed E-state index contributed by atoms with van der Waals surface area (Å²) < 4.78 is 9.07. The molecule has 37 heavy (non-hydrogen) atoms. The maximum Gasteiger partial charge on any atom is 0.293 e. The van der Waals surface area contributed by atoms with Crippen molar-refractivity contribution >= 4 is 28.2 Å². The second-order valence-corrected chi connectivity index (χ2v) is 9.15. The molecule has 1 fully saturated rings. The predicted molar refractivity (Wildman–Crippen MR) is 147 cm³/mol. The number of nitrogens with one attached hydrogen (secondary N) is 1. The van der Waals surface area contributed by atoms with Gasteiger partial charge in [0.05, 0.1) is 47.9 Å². The largest absolute Gasteiger partial charge is 0.378 e. The molecule has 0 radical (unpaired) electrons. The summed E-state index contributed by atoms with van der Waals surface area (Å²) in [4.78, 5) is 20.3. The SMILES string of the molecule is Cn1c(=O)c(Nc2ccccc2N2CCOCC2)nc2ccc(-c3ccn(Cc4ccccc4)n3)cc21. The van der Waals surface area contributed by atoms with Crippen molar-refractivity contribution in [3.05, 3.63) is 101 Å². The van der Waals surface area contributed by atoms with Crippen LogP contribution in [0.2, 0.25) is 0 Å². The number of ether oxygens (including phenoxy) is 1. The van der Waals surface area contributed by atoms with E-state index >= 15 is 0 Å². The van der Waals surface area contributed by atoms with Gasteiger partial charge in [0.25, 0.3) is 5.56 Å². The van der Waals surface area contributed by atoms with E-state index in [-0.39, 0.29) is 5.56 Å². The highest BCUT2D eigenvalue weighted by atomic mass is 16.5. The predicted octanol–water partition coefficient (Wildman–Crippen LogP) is 4.43. The number of benzene rings is 3. The molecule has 2 aromatic heterocycles. The lowest BCUT2D eigenvalue weighted by Crippen LogP contribution is -2.36. The lowest BCUT2D eigenvalue weighted by molar-refractivity contribution is 0.123. The Morgan fingerprint density at radius 3 is 2.57 bits per heavy atom. The number of hydrogen-bond acceptors (Lipinski definition) is 6. The molecule has 0 aliphatic carbocycles. The lowest BCUT2D eigenvalue weighted by Gasteiger charge is -2.30. The minimum absolute atomic E-state index is 0.184. The zero-order chi connectivity index (χ0) is 25.2. The minimum Gasteiger partial charge on any atom is -0.378 e. The van der Waals surface area contributed by atoms with Gasteiger partial charge >= 0.3 is 0 Å². The number of aromatic nitrogens is 4. The van der Waals surface area contributed by atoms with Gasteiger partial charge in [-0.25, -0.2) is 4.98 Å². The van der Waals surface area contributed by atoms with Gasteiger partial charge in [0.1, 0.15) is 0 Å². The highest BCUT2D eigenvalue weighted by Gasteiger charge is 2.17. The smallest absolute Gasteiger partial charge is 0.293 e. The Labute approximate surface area is 214 Å². The maximum atomic E-state index is 13.3. The molecule has 3 heterocycles. The summed E-state index contributed by atoms with van der Waals surface area (Å²) in [5.41, 5.74) is 6.19. The molecule has 1 N–H and O–H groups in total. The first-order chi connectivity index (χ1) is 18.2. The fraction of sp³-hybridized carbons (Fsp3) is 0.207. The van der Waals surface area contributed by atoms with Gasteiger partial charge in [-0.15, -0.1) is 0 Å². The highest BCUT2D eigenvalue weighted by molar-refractivity contribution is 5.83. The van der Waals surface area contributed by atoms with Crippen molar-refractivity contribution in [2.75, 3.05) is 36.5 Å². The third-order valence-electron chi connectivity index (χ3n) is 6.71. The van der Waals surface area contributed by atoms with E-state index in [0.717, 1.165) is 46.8 Å². The molecule has 186 valence electrons. The molecule has 1 aliphatic rings. The number of rotatable bonds is 6.